The van der Waals surface area contributed by atoms with Gasteiger partial charge in [0.15, 0.2) is 0 Å². The van der Waals surface area contributed by atoms with Crippen LogP contribution in [0.15, 0.2) is 54.9 Å². The van der Waals surface area contributed by atoms with Crippen molar-refractivity contribution in [1.29, 1.82) is 0 Å². The highest BCUT2D eigenvalue weighted by Gasteiger charge is 2.51. The van der Waals surface area contributed by atoms with Crippen molar-refractivity contribution in [2.75, 3.05) is 18.5 Å². The Morgan fingerprint density at radius 3 is 2.79 bits per heavy atom. The van der Waals surface area contributed by atoms with E-state index in [-0.39, 0.29) is 31.6 Å². The molecule has 34 heavy (non-hydrogen) atoms. The van der Waals surface area contributed by atoms with Gasteiger partial charge in [0.1, 0.15) is 6.61 Å². The first kappa shape index (κ1) is 23.6. The van der Waals surface area contributed by atoms with Crippen LogP contribution < -0.4 is 11.1 Å². The Labute approximate surface area is 199 Å². The van der Waals surface area contributed by atoms with Crippen molar-refractivity contribution in [3.05, 3.63) is 70.5 Å². The Hall–Kier alpha value is -3.57. The van der Waals surface area contributed by atoms with Crippen LogP contribution in [0.5, 0.6) is 0 Å². The topological polar surface area (TPSA) is 147 Å². The standard InChI is InChI=1S/C23H24N4O6S/c24-10-18(22(28)26-20-9-15-6-7-25-11-19(15)34-20)21-16(13-33-27(30)31)8-17(21)23(29)32-12-14-4-2-1-3-5-14/h1-7,9,11,16-18,21H,8,10,12-13,24H2,(H,26,28)/t16?,17-,18?,21?/m0/s1. The van der Waals surface area contributed by atoms with Crippen LogP contribution in [0.2, 0.25) is 0 Å². The molecule has 1 saturated carbocycles. The number of carbonyl (C=O) groups excluding carboxylic acids is 2. The van der Waals surface area contributed by atoms with Gasteiger partial charge in [-0.2, -0.15) is 0 Å². The van der Waals surface area contributed by atoms with E-state index in [1.807, 2.05) is 42.5 Å². The summed E-state index contributed by atoms with van der Waals surface area (Å²) in [6.07, 6.45) is 3.71. The molecule has 2 aromatic heterocycles. The zero-order valence-electron chi connectivity index (χ0n) is 18.2. The minimum atomic E-state index is -0.874. The maximum atomic E-state index is 13.2. The third-order valence-electron chi connectivity index (χ3n) is 6.11. The second-order valence-corrected chi connectivity index (χ2v) is 9.23. The Bertz CT molecular complexity index is 1140. The maximum Gasteiger partial charge on any atom is 0.309 e. The SMILES string of the molecule is NCC(C(=O)Nc1cc2ccncc2s1)C1C(CO[N+](=O)[O-])C[C@@H]1C(=O)OCc1ccccc1. The summed E-state index contributed by atoms with van der Waals surface area (Å²) in [7, 11) is 0. The number of hydrogen-bond acceptors (Lipinski definition) is 9. The first-order chi connectivity index (χ1) is 16.5. The number of rotatable bonds is 10. The normalized spacial score (nSPS) is 20.2. The van der Waals surface area contributed by atoms with Gasteiger partial charge >= 0.3 is 5.97 Å². The third-order valence-corrected chi connectivity index (χ3v) is 7.11. The van der Waals surface area contributed by atoms with Crippen molar-refractivity contribution in [3.8, 4) is 0 Å². The van der Waals surface area contributed by atoms with Crippen LogP contribution in [-0.4, -0.2) is 35.1 Å². The molecule has 10 nitrogen and oxygen atoms in total. The number of carbonyl (C=O) groups is 2. The van der Waals surface area contributed by atoms with Gasteiger partial charge in [-0.15, -0.1) is 21.5 Å². The molecule has 11 heteroatoms. The van der Waals surface area contributed by atoms with Crippen molar-refractivity contribution in [1.82, 2.24) is 4.98 Å². The fourth-order valence-corrected chi connectivity index (χ4v) is 5.34. The van der Waals surface area contributed by atoms with Crippen molar-refractivity contribution in [3.63, 3.8) is 0 Å². The number of ether oxygens (including phenoxy) is 1. The first-order valence-corrected chi connectivity index (χ1v) is 11.6. The van der Waals surface area contributed by atoms with Crippen molar-refractivity contribution < 1.29 is 24.3 Å². The number of nitrogens with one attached hydrogen (secondary N) is 1. The summed E-state index contributed by atoms with van der Waals surface area (Å²) in [5, 5.41) is 14.3. The summed E-state index contributed by atoms with van der Waals surface area (Å²) in [4.78, 5) is 45.3. The molecule has 2 heterocycles. The van der Waals surface area contributed by atoms with Gasteiger partial charge in [-0.1, -0.05) is 30.3 Å². The van der Waals surface area contributed by atoms with Crippen LogP contribution >= 0.6 is 11.3 Å². The second-order valence-electron chi connectivity index (χ2n) is 8.15. The van der Waals surface area contributed by atoms with Crippen LogP contribution in [0.25, 0.3) is 10.1 Å². The van der Waals surface area contributed by atoms with E-state index in [0.29, 0.717) is 11.4 Å². The lowest BCUT2D eigenvalue weighted by atomic mass is 9.59. The Kier molecular flexibility index (Phi) is 7.33. The largest absolute Gasteiger partial charge is 0.461 e. The smallest absolute Gasteiger partial charge is 0.309 e. The van der Waals surface area contributed by atoms with Crippen LogP contribution in [0.3, 0.4) is 0 Å². The van der Waals surface area contributed by atoms with Gasteiger partial charge in [0, 0.05) is 18.9 Å². The lowest BCUT2D eigenvalue weighted by Gasteiger charge is -2.46. The van der Waals surface area contributed by atoms with Gasteiger partial charge in [-0.25, -0.2) is 0 Å². The second kappa shape index (κ2) is 10.6. The molecule has 0 saturated heterocycles. The minimum absolute atomic E-state index is 0.0274. The highest BCUT2D eigenvalue weighted by atomic mass is 32.1. The molecule has 3 N–H and O–H groups in total. The van der Waals surface area contributed by atoms with Gasteiger partial charge in [0.25, 0.3) is 5.09 Å². The molecule has 1 fully saturated rings. The molecule has 178 valence electrons. The average Bonchev–Trinajstić information content (AvgIpc) is 3.23. The van der Waals surface area contributed by atoms with E-state index in [4.69, 9.17) is 10.5 Å². The molecule has 4 atom stereocenters. The summed E-state index contributed by atoms with van der Waals surface area (Å²) in [6.45, 7) is -0.132. The number of benzene rings is 1. The van der Waals surface area contributed by atoms with Crippen LogP contribution in [0.4, 0.5) is 5.00 Å². The maximum absolute atomic E-state index is 13.2. The summed E-state index contributed by atoms with van der Waals surface area (Å²) in [5.74, 6) is -3.05. The van der Waals surface area contributed by atoms with E-state index in [0.717, 1.165) is 15.6 Å². The van der Waals surface area contributed by atoms with Crippen LogP contribution in [0.1, 0.15) is 12.0 Å². The molecule has 3 aromatic rings. The molecule has 3 unspecified atom stereocenters. The number of thiophene rings is 1. The van der Waals surface area contributed by atoms with E-state index in [1.165, 1.54) is 11.3 Å². The number of nitrogens with zero attached hydrogens (tertiary/aromatic N) is 2. The molecular formula is C23H24N4O6S. The van der Waals surface area contributed by atoms with Gasteiger partial charge in [0.2, 0.25) is 5.91 Å². The van der Waals surface area contributed by atoms with Crippen molar-refractivity contribution >= 4 is 38.3 Å². The highest BCUT2D eigenvalue weighted by molar-refractivity contribution is 7.22. The fraction of sp³-hybridized carbons (Fsp3) is 0.348. The monoisotopic (exact) mass is 484 g/mol. The van der Waals surface area contributed by atoms with Crippen molar-refractivity contribution in [2.45, 2.75) is 13.0 Å². The van der Waals surface area contributed by atoms with E-state index in [1.54, 1.807) is 12.4 Å². The number of hydrogen-bond donors (Lipinski definition) is 2. The molecule has 0 spiro atoms. The average molecular weight is 485 g/mol. The summed E-state index contributed by atoms with van der Waals surface area (Å²) in [6, 6.07) is 12.9. The van der Waals surface area contributed by atoms with E-state index in [2.05, 4.69) is 15.1 Å². The van der Waals surface area contributed by atoms with Gasteiger partial charge in [-0.3, -0.25) is 14.6 Å². The van der Waals surface area contributed by atoms with Crippen LogP contribution in [-0.2, 0) is 25.8 Å². The lowest BCUT2D eigenvalue weighted by molar-refractivity contribution is -0.760. The molecule has 0 aliphatic heterocycles. The zero-order valence-corrected chi connectivity index (χ0v) is 19.0. The summed E-state index contributed by atoms with van der Waals surface area (Å²) >= 11 is 1.38. The van der Waals surface area contributed by atoms with E-state index in [9.17, 15) is 19.7 Å². The Morgan fingerprint density at radius 2 is 2.09 bits per heavy atom. The van der Waals surface area contributed by atoms with E-state index < -0.39 is 28.8 Å². The van der Waals surface area contributed by atoms with Gasteiger partial charge in [-0.05, 0) is 41.3 Å². The molecule has 1 aliphatic carbocycles. The predicted octanol–water partition coefficient (Wildman–Crippen LogP) is 3.01. The molecule has 4 rings (SSSR count). The molecule has 1 aromatic carbocycles. The Balaban J connectivity index is 1.47. The number of nitrogens with two attached hydrogens (primary N) is 1. The molecule has 0 bridgehead atoms. The first-order valence-electron chi connectivity index (χ1n) is 10.8. The van der Waals surface area contributed by atoms with Gasteiger partial charge in [0.05, 0.1) is 28.1 Å². The highest BCUT2D eigenvalue weighted by Crippen LogP contribution is 2.46. The predicted molar refractivity (Wildman–Crippen MR) is 125 cm³/mol. The fourth-order valence-electron chi connectivity index (χ4n) is 4.41. The minimum Gasteiger partial charge on any atom is -0.461 e. The number of anilines is 1. The summed E-state index contributed by atoms with van der Waals surface area (Å²) < 4.78 is 6.40. The number of esters is 1. The molecule has 0 radical (unpaired) electrons. The molecule has 1 amide bonds. The number of amides is 1. The van der Waals surface area contributed by atoms with E-state index >= 15 is 0 Å². The number of aromatic nitrogens is 1. The quantitative estimate of drug-likeness (QED) is 0.254. The lowest BCUT2D eigenvalue weighted by Crippen LogP contribution is -2.53. The third kappa shape index (κ3) is 5.32. The molecule has 1 aliphatic rings. The van der Waals surface area contributed by atoms with Crippen LogP contribution in [0, 0.1) is 33.8 Å². The van der Waals surface area contributed by atoms with Gasteiger partial charge < -0.3 is 20.6 Å². The van der Waals surface area contributed by atoms with Crippen molar-refractivity contribution in [2.24, 2.45) is 29.4 Å². The summed E-state index contributed by atoms with van der Waals surface area (Å²) in [5.41, 5.74) is 6.80. The zero-order chi connectivity index (χ0) is 24.1. The molecular weight excluding hydrogens is 460 g/mol. The number of pyridine rings is 1. The number of fused-ring (bicyclic) bond motifs is 1. The Morgan fingerprint density at radius 1 is 1.29 bits per heavy atom.